The van der Waals surface area contributed by atoms with Crippen molar-refractivity contribution >= 4 is 35.0 Å². The minimum atomic E-state index is 0.462. The van der Waals surface area contributed by atoms with Crippen LogP contribution >= 0.6 is 35.0 Å². The fourth-order valence-corrected chi connectivity index (χ4v) is 2.75. The summed E-state index contributed by atoms with van der Waals surface area (Å²) in [7, 11) is 0. The zero-order valence-corrected chi connectivity index (χ0v) is 12.6. The highest BCUT2D eigenvalue weighted by Gasteiger charge is 2.02. The minimum absolute atomic E-state index is 0.462. The topological polar surface area (TPSA) is 9.23 Å². The lowest BCUT2D eigenvalue weighted by molar-refractivity contribution is 0.344. The zero-order valence-electron chi connectivity index (χ0n) is 10.3. The minimum Gasteiger partial charge on any atom is -0.491 e. The monoisotopic (exact) mass is 312 g/mol. The van der Waals surface area contributed by atoms with Crippen molar-refractivity contribution in [1.82, 2.24) is 0 Å². The van der Waals surface area contributed by atoms with Gasteiger partial charge in [0.15, 0.2) is 0 Å². The molecule has 19 heavy (non-hydrogen) atoms. The molecule has 2 aromatic rings. The number of rotatable bonds is 6. The Morgan fingerprint density at radius 2 is 1.84 bits per heavy atom. The van der Waals surface area contributed by atoms with Crippen molar-refractivity contribution < 1.29 is 4.74 Å². The quantitative estimate of drug-likeness (QED) is 0.409. The van der Waals surface area contributed by atoms with Crippen LogP contribution in [-0.4, -0.2) is 12.4 Å². The lowest BCUT2D eigenvalue weighted by Crippen LogP contribution is -2.00. The van der Waals surface area contributed by atoms with Crippen LogP contribution in [0.15, 0.2) is 53.4 Å². The van der Waals surface area contributed by atoms with E-state index in [1.165, 1.54) is 4.90 Å². The van der Waals surface area contributed by atoms with E-state index < -0.39 is 0 Å². The molecular formula is C15H14Cl2OS. The van der Waals surface area contributed by atoms with Gasteiger partial charge in [0.25, 0.3) is 0 Å². The summed E-state index contributed by atoms with van der Waals surface area (Å²) >= 11 is 13.6. The maximum Gasteiger partial charge on any atom is 0.137 e. The summed E-state index contributed by atoms with van der Waals surface area (Å²) in [5, 5.41) is 0.614. The van der Waals surface area contributed by atoms with Gasteiger partial charge in [-0.2, -0.15) is 0 Å². The fraction of sp³-hybridized carbons (Fsp3) is 0.200. The second kappa shape index (κ2) is 7.68. The molecule has 0 fully saturated rings. The highest BCUT2D eigenvalue weighted by Crippen LogP contribution is 2.26. The Morgan fingerprint density at radius 1 is 1.05 bits per heavy atom. The second-order valence-electron chi connectivity index (χ2n) is 3.91. The first kappa shape index (κ1) is 14.6. The Kier molecular flexibility index (Phi) is 5.90. The van der Waals surface area contributed by atoms with Crippen LogP contribution in [0.1, 0.15) is 5.56 Å². The van der Waals surface area contributed by atoms with E-state index in [1.54, 1.807) is 11.8 Å². The van der Waals surface area contributed by atoms with E-state index >= 15 is 0 Å². The number of benzene rings is 2. The Bertz CT molecular complexity index is 517. The van der Waals surface area contributed by atoms with Crippen LogP contribution in [0.2, 0.25) is 5.02 Å². The number of hydrogen-bond acceptors (Lipinski definition) is 2. The van der Waals surface area contributed by atoms with Crippen LogP contribution in [0.5, 0.6) is 5.75 Å². The Balaban J connectivity index is 1.80. The first-order valence-corrected chi connectivity index (χ1v) is 7.84. The van der Waals surface area contributed by atoms with E-state index in [2.05, 4.69) is 12.1 Å². The molecule has 0 N–H and O–H groups in total. The van der Waals surface area contributed by atoms with Gasteiger partial charge in [0.1, 0.15) is 5.75 Å². The van der Waals surface area contributed by atoms with Crippen molar-refractivity contribution in [3.8, 4) is 5.75 Å². The zero-order chi connectivity index (χ0) is 13.5. The summed E-state index contributed by atoms with van der Waals surface area (Å²) < 4.78 is 5.66. The van der Waals surface area contributed by atoms with Crippen LogP contribution in [0.25, 0.3) is 0 Å². The predicted octanol–water partition coefficient (Wildman–Crippen LogP) is 5.25. The van der Waals surface area contributed by atoms with Gasteiger partial charge in [-0.15, -0.1) is 23.4 Å². The molecule has 0 heterocycles. The van der Waals surface area contributed by atoms with E-state index in [0.717, 1.165) is 11.3 Å². The first-order chi connectivity index (χ1) is 9.29. The van der Waals surface area contributed by atoms with Crippen LogP contribution in [0, 0.1) is 0 Å². The normalized spacial score (nSPS) is 10.4. The Labute approximate surface area is 127 Å². The molecule has 0 aliphatic carbocycles. The molecule has 0 radical (unpaired) electrons. The lowest BCUT2D eigenvalue weighted by Gasteiger charge is -2.08. The van der Waals surface area contributed by atoms with Gasteiger partial charge in [0.05, 0.1) is 11.6 Å². The van der Waals surface area contributed by atoms with Gasteiger partial charge in [-0.05, 0) is 29.8 Å². The van der Waals surface area contributed by atoms with Gasteiger partial charge in [-0.3, -0.25) is 0 Å². The molecule has 0 aromatic heterocycles. The molecule has 1 nitrogen and oxygen atoms in total. The SMILES string of the molecule is ClCc1ccc(OCCSc2ccccc2)c(Cl)c1. The summed E-state index contributed by atoms with van der Waals surface area (Å²) in [5.74, 6) is 2.06. The summed E-state index contributed by atoms with van der Waals surface area (Å²) in [6, 6.07) is 15.9. The number of hydrogen-bond donors (Lipinski definition) is 0. The van der Waals surface area contributed by atoms with Crippen molar-refractivity contribution in [3.63, 3.8) is 0 Å². The Hall–Kier alpha value is -0.830. The molecule has 0 saturated carbocycles. The van der Waals surface area contributed by atoms with Crippen LogP contribution in [0.3, 0.4) is 0 Å². The van der Waals surface area contributed by atoms with Crippen molar-refractivity contribution in [3.05, 3.63) is 59.1 Å². The molecule has 2 aromatic carbocycles. The number of halogens is 2. The summed E-state index contributed by atoms with van der Waals surface area (Å²) in [6.45, 7) is 0.625. The van der Waals surface area contributed by atoms with Crippen molar-refractivity contribution in [2.45, 2.75) is 10.8 Å². The third kappa shape index (κ3) is 4.64. The number of thioether (sulfide) groups is 1. The predicted molar refractivity (Wildman–Crippen MR) is 83.7 cm³/mol. The Morgan fingerprint density at radius 3 is 2.53 bits per heavy atom. The highest BCUT2D eigenvalue weighted by atomic mass is 35.5. The molecule has 0 bridgehead atoms. The van der Waals surface area contributed by atoms with Gasteiger partial charge >= 0.3 is 0 Å². The third-order valence-electron chi connectivity index (χ3n) is 2.50. The molecule has 0 aliphatic heterocycles. The van der Waals surface area contributed by atoms with Crippen molar-refractivity contribution in [2.75, 3.05) is 12.4 Å². The molecular weight excluding hydrogens is 299 g/mol. The molecule has 0 spiro atoms. The second-order valence-corrected chi connectivity index (χ2v) is 5.75. The molecule has 100 valence electrons. The van der Waals surface area contributed by atoms with E-state index in [1.807, 2.05) is 36.4 Å². The third-order valence-corrected chi connectivity index (χ3v) is 4.08. The average molecular weight is 313 g/mol. The van der Waals surface area contributed by atoms with Crippen LogP contribution in [0.4, 0.5) is 0 Å². The van der Waals surface area contributed by atoms with E-state index in [-0.39, 0.29) is 0 Å². The standard InChI is InChI=1S/C15H14Cl2OS/c16-11-12-6-7-15(14(17)10-12)18-8-9-19-13-4-2-1-3-5-13/h1-7,10H,8-9,11H2. The maximum atomic E-state index is 6.11. The van der Waals surface area contributed by atoms with E-state index in [0.29, 0.717) is 23.3 Å². The number of ether oxygens (including phenoxy) is 1. The molecule has 0 amide bonds. The van der Waals surface area contributed by atoms with Gasteiger partial charge in [-0.25, -0.2) is 0 Å². The van der Waals surface area contributed by atoms with Crippen LogP contribution < -0.4 is 4.74 Å². The largest absolute Gasteiger partial charge is 0.491 e. The van der Waals surface area contributed by atoms with Gasteiger partial charge < -0.3 is 4.74 Å². The molecule has 0 aliphatic rings. The molecule has 4 heteroatoms. The van der Waals surface area contributed by atoms with E-state index in [4.69, 9.17) is 27.9 Å². The highest BCUT2D eigenvalue weighted by molar-refractivity contribution is 7.99. The molecule has 0 unspecified atom stereocenters. The van der Waals surface area contributed by atoms with Crippen molar-refractivity contribution in [2.24, 2.45) is 0 Å². The van der Waals surface area contributed by atoms with Crippen LogP contribution in [-0.2, 0) is 5.88 Å². The number of alkyl halides is 1. The smallest absolute Gasteiger partial charge is 0.137 e. The molecule has 0 saturated heterocycles. The average Bonchev–Trinajstić information content (AvgIpc) is 2.46. The lowest BCUT2D eigenvalue weighted by atomic mass is 10.2. The van der Waals surface area contributed by atoms with Gasteiger partial charge in [0.2, 0.25) is 0 Å². The van der Waals surface area contributed by atoms with Crippen molar-refractivity contribution in [1.29, 1.82) is 0 Å². The summed E-state index contributed by atoms with van der Waals surface area (Å²) in [4.78, 5) is 1.25. The first-order valence-electron chi connectivity index (χ1n) is 5.94. The molecule has 0 atom stereocenters. The molecule has 2 rings (SSSR count). The summed E-state index contributed by atoms with van der Waals surface area (Å²) in [6.07, 6.45) is 0. The maximum absolute atomic E-state index is 6.11. The van der Waals surface area contributed by atoms with E-state index in [9.17, 15) is 0 Å². The summed E-state index contributed by atoms with van der Waals surface area (Å²) in [5.41, 5.74) is 0.998. The van der Waals surface area contributed by atoms with Gasteiger partial charge in [-0.1, -0.05) is 35.9 Å². The van der Waals surface area contributed by atoms with Gasteiger partial charge in [0, 0.05) is 16.5 Å². The fourth-order valence-electron chi connectivity index (χ4n) is 1.57.